The van der Waals surface area contributed by atoms with E-state index in [9.17, 15) is 0 Å². The molecule has 5 heteroatoms. The molecule has 0 unspecified atom stereocenters. The Morgan fingerprint density at radius 1 is 1.33 bits per heavy atom. The molecule has 0 saturated carbocycles. The van der Waals surface area contributed by atoms with Crippen LogP contribution in [0.2, 0.25) is 0 Å². The minimum absolute atomic E-state index is 0.318. The molecule has 0 aromatic carbocycles. The second kappa shape index (κ2) is 6.35. The van der Waals surface area contributed by atoms with Crippen LogP contribution in [0.15, 0.2) is 24.4 Å². The summed E-state index contributed by atoms with van der Waals surface area (Å²) in [6, 6.07) is 5.83. The van der Waals surface area contributed by atoms with Gasteiger partial charge in [0.25, 0.3) is 0 Å². The van der Waals surface area contributed by atoms with Gasteiger partial charge in [-0.25, -0.2) is 4.52 Å². The maximum atomic E-state index is 5.48. The lowest BCUT2D eigenvalue weighted by Gasteiger charge is -2.06. The Labute approximate surface area is 107 Å². The first-order chi connectivity index (χ1) is 8.75. The molecule has 5 nitrogen and oxygen atoms in total. The molecule has 2 heterocycles. The number of pyridine rings is 1. The SMILES string of the molecule is CC(C)OCCCCNc1nc2ccccn2n1. The fourth-order valence-electron chi connectivity index (χ4n) is 1.65. The second-order valence-corrected chi connectivity index (χ2v) is 4.49. The van der Waals surface area contributed by atoms with E-state index >= 15 is 0 Å². The molecular formula is C13H20N4O. The molecule has 2 aromatic heterocycles. The third kappa shape index (κ3) is 3.70. The molecule has 0 radical (unpaired) electrons. The molecule has 0 aliphatic heterocycles. The molecule has 0 saturated heterocycles. The topological polar surface area (TPSA) is 51.5 Å². The predicted octanol–water partition coefficient (Wildman–Crippen LogP) is 2.35. The van der Waals surface area contributed by atoms with Gasteiger partial charge in [-0.05, 0) is 38.8 Å². The Balaban J connectivity index is 1.70. The van der Waals surface area contributed by atoms with Gasteiger partial charge in [0.2, 0.25) is 5.95 Å². The monoisotopic (exact) mass is 248 g/mol. The third-order valence-electron chi connectivity index (χ3n) is 2.55. The number of unbranched alkanes of at least 4 members (excludes halogenated alkanes) is 1. The van der Waals surface area contributed by atoms with E-state index in [1.165, 1.54) is 0 Å². The molecule has 0 amide bonds. The smallest absolute Gasteiger partial charge is 0.243 e. The number of nitrogens with zero attached hydrogens (tertiary/aromatic N) is 3. The van der Waals surface area contributed by atoms with E-state index < -0.39 is 0 Å². The van der Waals surface area contributed by atoms with Crippen LogP contribution in [0.5, 0.6) is 0 Å². The van der Waals surface area contributed by atoms with Crippen molar-refractivity contribution in [3.05, 3.63) is 24.4 Å². The van der Waals surface area contributed by atoms with Crippen molar-refractivity contribution in [2.75, 3.05) is 18.5 Å². The number of anilines is 1. The van der Waals surface area contributed by atoms with Crippen LogP contribution in [0, 0.1) is 0 Å². The number of aromatic nitrogens is 3. The van der Waals surface area contributed by atoms with Crippen LogP contribution in [0.4, 0.5) is 5.95 Å². The first kappa shape index (κ1) is 12.8. The summed E-state index contributed by atoms with van der Waals surface area (Å²) in [5.41, 5.74) is 0.864. The number of hydrogen-bond donors (Lipinski definition) is 1. The average Bonchev–Trinajstić information content (AvgIpc) is 2.75. The van der Waals surface area contributed by atoms with E-state index in [2.05, 4.69) is 29.2 Å². The zero-order chi connectivity index (χ0) is 12.8. The van der Waals surface area contributed by atoms with Crippen molar-refractivity contribution in [2.24, 2.45) is 0 Å². The molecule has 0 bridgehead atoms. The van der Waals surface area contributed by atoms with E-state index in [0.717, 1.165) is 31.6 Å². The molecule has 18 heavy (non-hydrogen) atoms. The van der Waals surface area contributed by atoms with Crippen LogP contribution in [-0.4, -0.2) is 33.9 Å². The first-order valence-corrected chi connectivity index (χ1v) is 6.42. The third-order valence-corrected chi connectivity index (χ3v) is 2.55. The van der Waals surface area contributed by atoms with Crippen LogP contribution >= 0.6 is 0 Å². The van der Waals surface area contributed by atoms with Gasteiger partial charge in [-0.3, -0.25) is 0 Å². The van der Waals surface area contributed by atoms with Gasteiger partial charge >= 0.3 is 0 Å². The Morgan fingerprint density at radius 3 is 3.00 bits per heavy atom. The van der Waals surface area contributed by atoms with Crippen molar-refractivity contribution < 1.29 is 4.74 Å². The van der Waals surface area contributed by atoms with Crippen LogP contribution in [-0.2, 0) is 4.74 Å². The van der Waals surface area contributed by atoms with E-state index in [1.54, 1.807) is 4.52 Å². The standard InChI is InChI=1S/C13H20N4O/c1-11(2)18-10-6-4-8-14-13-15-12-7-3-5-9-17(12)16-13/h3,5,7,9,11H,4,6,8,10H2,1-2H3,(H,14,16). The second-order valence-electron chi connectivity index (χ2n) is 4.49. The normalized spacial score (nSPS) is 11.3. The van der Waals surface area contributed by atoms with Gasteiger partial charge in [0.05, 0.1) is 6.10 Å². The number of rotatable bonds is 7. The molecule has 1 N–H and O–H groups in total. The summed E-state index contributed by atoms with van der Waals surface area (Å²) in [5, 5.41) is 7.55. The van der Waals surface area contributed by atoms with Crippen LogP contribution in [0.3, 0.4) is 0 Å². The number of hydrogen-bond acceptors (Lipinski definition) is 4. The zero-order valence-electron chi connectivity index (χ0n) is 11.0. The van der Waals surface area contributed by atoms with Crippen LogP contribution < -0.4 is 5.32 Å². The lowest BCUT2D eigenvalue weighted by molar-refractivity contribution is 0.0765. The van der Waals surface area contributed by atoms with Crippen LogP contribution in [0.25, 0.3) is 5.65 Å². The van der Waals surface area contributed by atoms with Crippen molar-refractivity contribution in [3.8, 4) is 0 Å². The summed E-state index contributed by atoms with van der Waals surface area (Å²) in [6.07, 6.45) is 4.32. The maximum Gasteiger partial charge on any atom is 0.243 e. The highest BCUT2D eigenvalue weighted by molar-refractivity contribution is 5.42. The van der Waals surface area contributed by atoms with Crippen molar-refractivity contribution in [2.45, 2.75) is 32.8 Å². The summed E-state index contributed by atoms with van der Waals surface area (Å²) >= 11 is 0. The minimum atomic E-state index is 0.318. The fraction of sp³-hybridized carbons (Fsp3) is 0.538. The van der Waals surface area contributed by atoms with Gasteiger partial charge in [0.15, 0.2) is 5.65 Å². The van der Waals surface area contributed by atoms with Gasteiger partial charge < -0.3 is 10.1 Å². The Kier molecular flexibility index (Phi) is 4.52. The Morgan fingerprint density at radius 2 is 2.22 bits per heavy atom. The van der Waals surface area contributed by atoms with E-state index in [1.807, 2.05) is 24.4 Å². The fourth-order valence-corrected chi connectivity index (χ4v) is 1.65. The summed E-state index contributed by atoms with van der Waals surface area (Å²) in [7, 11) is 0. The number of nitrogens with one attached hydrogen (secondary N) is 1. The summed E-state index contributed by atoms with van der Waals surface area (Å²) in [4.78, 5) is 4.37. The van der Waals surface area contributed by atoms with Gasteiger partial charge in [-0.2, -0.15) is 4.98 Å². The highest BCUT2D eigenvalue weighted by Gasteiger charge is 2.01. The van der Waals surface area contributed by atoms with E-state index in [0.29, 0.717) is 12.1 Å². The van der Waals surface area contributed by atoms with Gasteiger partial charge in [-0.1, -0.05) is 6.07 Å². The number of ether oxygens (including phenoxy) is 1. The van der Waals surface area contributed by atoms with Crippen molar-refractivity contribution in [3.63, 3.8) is 0 Å². The van der Waals surface area contributed by atoms with Crippen LogP contribution in [0.1, 0.15) is 26.7 Å². The van der Waals surface area contributed by atoms with Gasteiger partial charge in [0.1, 0.15) is 0 Å². The molecule has 2 aromatic rings. The molecule has 0 aliphatic carbocycles. The lowest BCUT2D eigenvalue weighted by Crippen LogP contribution is -2.07. The summed E-state index contributed by atoms with van der Waals surface area (Å²) in [6.45, 7) is 5.80. The Hall–Kier alpha value is -1.62. The highest BCUT2D eigenvalue weighted by atomic mass is 16.5. The predicted molar refractivity (Wildman–Crippen MR) is 71.8 cm³/mol. The first-order valence-electron chi connectivity index (χ1n) is 6.42. The Bertz CT molecular complexity index is 448. The number of fused-ring (bicyclic) bond motifs is 1. The van der Waals surface area contributed by atoms with Crippen molar-refractivity contribution >= 4 is 11.6 Å². The summed E-state index contributed by atoms with van der Waals surface area (Å²) < 4.78 is 7.25. The molecule has 0 atom stereocenters. The molecule has 0 aliphatic rings. The van der Waals surface area contributed by atoms with E-state index in [-0.39, 0.29) is 0 Å². The molecular weight excluding hydrogens is 228 g/mol. The summed E-state index contributed by atoms with van der Waals surface area (Å²) in [5.74, 6) is 0.686. The van der Waals surface area contributed by atoms with Crippen molar-refractivity contribution in [1.29, 1.82) is 0 Å². The molecule has 98 valence electrons. The zero-order valence-corrected chi connectivity index (χ0v) is 11.0. The quantitative estimate of drug-likeness (QED) is 0.764. The lowest BCUT2D eigenvalue weighted by atomic mass is 10.3. The van der Waals surface area contributed by atoms with Crippen molar-refractivity contribution in [1.82, 2.24) is 14.6 Å². The van der Waals surface area contributed by atoms with Gasteiger partial charge in [-0.15, -0.1) is 5.10 Å². The maximum absolute atomic E-state index is 5.48. The average molecular weight is 248 g/mol. The molecule has 0 spiro atoms. The molecule has 2 rings (SSSR count). The molecule has 0 fully saturated rings. The largest absolute Gasteiger partial charge is 0.379 e. The highest BCUT2D eigenvalue weighted by Crippen LogP contribution is 2.04. The minimum Gasteiger partial charge on any atom is -0.379 e. The van der Waals surface area contributed by atoms with E-state index in [4.69, 9.17) is 4.74 Å². The van der Waals surface area contributed by atoms with Gasteiger partial charge in [0, 0.05) is 19.3 Å².